The van der Waals surface area contributed by atoms with Crippen LogP contribution < -0.4 is 0 Å². The molecule has 0 saturated carbocycles. The number of aliphatic hydroxyl groups is 1. The van der Waals surface area contributed by atoms with Gasteiger partial charge in [-0.15, -0.1) is 13.2 Å². The summed E-state index contributed by atoms with van der Waals surface area (Å²) in [5.74, 6) is 1.18. The maximum absolute atomic E-state index is 9.17. The summed E-state index contributed by atoms with van der Waals surface area (Å²) in [6, 6.07) is 0. The molecular formula is C14H26O. The second-order valence-electron chi connectivity index (χ2n) is 4.82. The molecule has 1 nitrogen and oxygen atoms in total. The second kappa shape index (κ2) is 7.70. The summed E-state index contributed by atoms with van der Waals surface area (Å²) in [6.07, 6.45) is 6.08. The van der Waals surface area contributed by atoms with Crippen LogP contribution in [0.4, 0.5) is 0 Å². The smallest absolute Gasteiger partial charge is 0.0512 e. The van der Waals surface area contributed by atoms with Gasteiger partial charge in [-0.2, -0.15) is 0 Å². The Bertz CT molecular complexity index is 194. The molecule has 0 aliphatic heterocycles. The van der Waals surface area contributed by atoms with Crippen molar-refractivity contribution in [2.75, 3.05) is 0 Å². The van der Waals surface area contributed by atoms with Gasteiger partial charge in [-0.3, -0.25) is 0 Å². The molecule has 0 spiro atoms. The molecule has 0 rings (SSSR count). The van der Waals surface area contributed by atoms with Gasteiger partial charge in [0.05, 0.1) is 6.10 Å². The van der Waals surface area contributed by atoms with E-state index >= 15 is 0 Å². The Labute approximate surface area is 94.9 Å². The monoisotopic (exact) mass is 210 g/mol. The summed E-state index contributed by atoms with van der Waals surface area (Å²) in [5, 5.41) is 9.17. The van der Waals surface area contributed by atoms with Crippen LogP contribution in [-0.2, 0) is 0 Å². The Hall–Kier alpha value is -0.560. The van der Waals surface area contributed by atoms with Crippen LogP contribution in [0.1, 0.15) is 46.5 Å². The molecule has 0 fully saturated rings. The van der Waals surface area contributed by atoms with Crippen molar-refractivity contribution in [1.29, 1.82) is 0 Å². The topological polar surface area (TPSA) is 20.2 Å². The number of hydrogen-bond donors (Lipinski definition) is 1. The molecule has 0 amide bonds. The summed E-state index contributed by atoms with van der Waals surface area (Å²) < 4.78 is 0. The predicted octanol–water partition coefficient (Wildman–Crippen LogP) is 3.94. The van der Waals surface area contributed by atoms with E-state index in [1.165, 1.54) is 5.57 Å². The lowest BCUT2D eigenvalue weighted by Gasteiger charge is -2.21. The summed E-state index contributed by atoms with van der Waals surface area (Å²) in [7, 11) is 0. The lowest BCUT2D eigenvalue weighted by molar-refractivity contribution is 0.176. The molecule has 3 atom stereocenters. The molecule has 88 valence electrons. The Morgan fingerprint density at radius 3 is 2.33 bits per heavy atom. The van der Waals surface area contributed by atoms with E-state index in [4.69, 9.17) is 0 Å². The maximum Gasteiger partial charge on any atom is 0.0512 e. The fourth-order valence-electron chi connectivity index (χ4n) is 1.87. The lowest BCUT2D eigenvalue weighted by Crippen LogP contribution is -2.10. The zero-order valence-electron chi connectivity index (χ0n) is 10.5. The first-order chi connectivity index (χ1) is 6.97. The van der Waals surface area contributed by atoms with E-state index in [0.717, 1.165) is 25.7 Å². The first-order valence-corrected chi connectivity index (χ1v) is 5.92. The minimum atomic E-state index is -0.166. The number of allylic oxidation sites excluding steroid dienone is 2. The van der Waals surface area contributed by atoms with Gasteiger partial charge in [0.2, 0.25) is 0 Å². The first kappa shape index (κ1) is 14.4. The Kier molecular flexibility index (Phi) is 7.41. The molecule has 1 N–H and O–H groups in total. The minimum absolute atomic E-state index is 0.166. The van der Waals surface area contributed by atoms with Gasteiger partial charge in [-0.1, -0.05) is 31.4 Å². The molecule has 0 bridgehead atoms. The van der Waals surface area contributed by atoms with Gasteiger partial charge in [0.1, 0.15) is 0 Å². The molecule has 0 aromatic heterocycles. The highest BCUT2D eigenvalue weighted by Gasteiger charge is 2.13. The predicted molar refractivity (Wildman–Crippen MR) is 67.8 cm³/mol. The highest BCUT2D eigenvalue weighted by Crippen LogP contribution is 2.25. The Morgan fingerprint density at radius 1 is 1.33 bits per heavy atom. The van der Waals surface area contributed by atoms with Crippen molar-refractivity contribution in [3.63, 3.8) is 0 Å². The molecular weight excluding hydrogens is 184 g/mol. The van der Waals surface area contributed by atoms with Crippen LogP contribution in [0, 0.1) is 11.8 Å². The van der Waals surface area contributed by atoms with E-state index in [0.29, 0.717) is 11.8 Å². The van der Waals surface area contributed by atoms with Crippen molar-refractivity contribution in [3.05, 3.63) is 24.8 Å². The number of rotatable bonds is 8. The largest absolute Gasteiger partial charge is 0.393 e. The van der Waals surface area contributed by atoms with Crippen LogP contribution in [0.15, 0.2) is 24.8 Å². The van der Waals surface area contributed by atoms with Crippen LogP contribution in [0.3, 0.4) is 0 Å². The van der Waals surface area contributed by atoms with Crippen LogP contribution in [0.25, 0.3) is 0 Å². The van der Waals surface area contributed by atoms with Crippen LogP contribution in [-0.4, -0.2) is 11.2 Å². The van der Waals surface area contributed by atoms with E-state index in [2.05, 4.69) is 27.0 Å². The minimum Gasteiger partial charge on any atom is -0.393 e. The van der Waals surface area contributed by atoms with Crippen molar-refractivity contribution in [2.24, 2.45) is 11.8 Å². The first-order valence-electron chi connectivity index (χ1n) is 5.92. The number of aliphatic hydroxyl groups excluding tert-OH is 1. The van der Waals surface area contributed by atoms with E-state index in [1.807, 2.05) is 13.0 Å². The molecule has 15 heavy (non-hydrogen) atoms. The average molecular weight is 210 g/mol. The van der Waals surface area contributed by atoms with Crippen LogP contribution >= 0.6 is 0 Å². The van der Waals surface area contributed by atoms with Crippen molar-refractivity contribution in [3.8, 4) is 0 Å². The molecule has 0 aliphatic rings. The normalized spacial score (nSPS) is 16.8. The second-order valence-corrected chi connectivity index (χ2v) is 4.82. The SMILES string of the molecule is C=CC(CC(=C)C)C(C)CCCC(C)O. The highest BCUT2D eigenvalue weighted by molar-refractivity contribution is 4.96. The van der Waals surface area contributed by atoms with Gasteiger partial charge in [-0.25, -0.2) is 0 Å². The van der Waals surface area contributed by atoms with Crippen molar-refractivity contribution in [1.82, 2.24) is 0 Å². The third-order valence-corrected chi connectivity index (χ3v) is 2.90. The van der Waals surface area contributed by atoms with Crippen molar-refractivity contribution < 1.29 is 5.11 Å². The molecule has 0 radical (unpaired) electrons. The molecule has 0 aliphatic carbocycles. The average Bonchev–Trinajstić information content (AvgIpc) is 2.13. The van der Waals surface area contributed by atoms with Crippen LogP contribution in [0.2, 0.25) is 0 Å². The summed E-state index contributed by atoms with van der Waals surface area (Å²) in [6.45, 7) is 14.0. The molecule has 1 heteroatoms. The van der Waals surface area contributed by atoms with E-state index in [9.17, 15) is 5.11 Å². The molecule has 0 aromatic carbocycles. The van der Waals surface area contributed by atoms with E-state index in [-0.39, 0.29) is 6.10 Å². The van der Waals surface area contributed by atoms with Crippen molar-refractivity contribution in [2.45, 2.75) is 52.6 Å². The van der Waals surface area contributed by atoms with Gasteiger partial charge in [0, 0.05) is 0 Å². The molecule has 0 saturated heterocycles. The van der Waals surface area contributed by atoms with Gasteiger partial charge in [0.15, 0.2) is 0 Å². The zero-order valence-corrected chi connectivity index (χ0v) is 10.5. The van der Waals surface area contributed by atoms with Crippen molar-refractivity contribution >= 4 is 0 Å². The Balaban J connectivity index is 3.88. The van der Waals surface area contributed by atoms with Gasteiger partial charge >= 0.3 is 0 Å². The number of hydrogen-bond acceptors (Lipinski definition) is 1. The Morgan fingerprint density at radius 2 is 1.93 bits per heavy atom. The van der Waals surface area contributed by atoms with Crippen LogP contribution in [0.5, 0.6) is 0 Å². The van der Waals surface area contributed by atoms with Gasteiger partial charge in [0.25, 0.3) is 0 Å². The fourth-order valence-corrected chi connectivity index (χ4v) is 1.87. The summed E-state index contributed by atoms with van der Waals surface area (Å²) in [5.41, 5.74) is 1.22. The quantitative estimate of drug-likeness (QED) is 0.602. The van der Waals surface area contributed by atoms with Gasteiger partial charge in [-0.05, 0) is 38.5 Å². The summed E-state index contributed by atoms with van der Waals surface area (Å²) in [4.78, 5) is 0. The third kappa shape index (κ3) is 7.38. The highest BCUT2D eigenvalue weighted by atomic mass is 16.3. The lowest BCUT2D eigenvalue weighted by atomic mass is 9.85. The fraction of sp³-hybridized carbons (Fsp3) is 0.714. The third-order valence-electron chi connectivity index (χ3n) is 2.90. The molecule has 3 unspecified atom stereocenters. The standard InChI is InChI=1S/C14H26O/c1-6-14(10-11(2)3)12(4)8-7-9-13(5)15/h6,12-15H,1-2,7-10H2,3-5H3. The van der Waals surface area contributed by atoms with E-state index < -0.39 is 0 Å². The van der Waals surface area contributed by atoms with E-state index in [1.54, 1.807) is 0 Å². The van der Waals surface area contributed by atoms with Gasteiger partial charge < -0.3 is 5.11 Å². The summed E-state index contributed by atoms with van der Waals surface area (Å²) >= 11 is 0. The molecule has 0 heterocycles. The maximum atomic E-state index is 9.17. The zero-order chi connectivity index (χ0) is 11.8. The molecule has 0 aromatic rings.